The monoisotopic (exact) mass is 459 g/mol. The van der Waals surface area contributed by atoms with Crippen LogP contribution in [-0.4, -0.2) is 33.6 Å². The van der Waals surface area contributed by atoms with Crippen LogP contribution in [0.2, 0.25) is 0 Å². The molecule has 6 nitrogen and oxygen atoms in total. The van der Waals surface area contributed by atoms with E-state index < -0.39 is 12.7 Å². The molecule has 0 atom stereocenters. The first-order valence-electron chi connectivity index (χ1n) is 9.98. The molecule has 0 saturated heterocycles. The van der Waals surface area contributed by atoms with Crippen molar-refractivity contribution in [2.24, 2.45) is 0 Å². The lowest BCUT2D eigenvalue weighted by Crippen LogP contribution is -2.36. The molecule has 4 N–H and O–H groups in total. The van der Waals surface area contributed by atoms with E-state index in [2.05, 4.69) is 25.9 Å². The summed E-state index contributed by atoms with van der Waals surface area (Å²) in [7, 11) is 0. The fourth-order valence-corrected chi connectivity index (χ4v) is 3.78. The zero-order valence-corrected chi connectivity index (χ0v) is 17.7. The normalized spacial score (nSPS) is 13.4. The van der Waals surface area contributed by atoms with Gasteiger partial charge < -0.3 is 20.9 Å². The molecule has 0 aliphatic heterocycles. The summed E-state index contributed by atoms with van der Waals surface area (Å²) in [6.07, 6.45) is -0.839. The Kier molecular flexibility index (Phi) is 6.13. The number of aromatic amines is 1. The van der Waals surface area contributed by atoms with E-state index >= 15 is 0 Å². The molecular weight excluding hydrogens is 439 g/mol. The fraction of sp³-hybridized carbons (Fsp3) is 0.227. The second-order valence-corrected chi connectivity index (χ2v) is 7.76. The largest absolute Gasteiger partial charge is 0.405 e. The van der Waals surface area contributed by atoms with E-state index in [9.17, 15) is 18.0 Å². The first kappa shape index (κ1) is 21.8. The molecule has 0 saturated carbocycles. The predicted molar refractivity (Wildman–Crippen MR) is 121 cm³/mol. The van der Waals surface area contributed by atoms with Crippen LogP contribution >= 0.6 is 12.2 Å². The number of nitrogens with zero attached hydrogens (tertiary/aromatic N) is 1. The van der Waals surface area contributed by atoms with E-state index in [0.717, 1.165) is 24.2 Å². The maximum absolute atomic E-state index is 12.7. The molecule has 32 heavy (non-hydrogen) atoms. The molecule has 166 valence electrons. The van der Waals surface area contributed by atoms with Crippen LogP contribution < -0.4 is 16.0 Å². The molecule has 1 aliphatic rings. The number of carbonyl (C=O) groups is 1. The Balaban J connectivity index is 1.65. The number of H-pyrrole nitrogens is 1. The number of fused-ring (bicyclic) bond motifs is 1. The van der Waals surface area contributed by atoms with Crippen LogP contribution in [-0.2, 0) is 6.42 Å². The van der Waals surface area contributed by atoms with Crippen molar-refractivity contribution >= 4 is 40.3 Å². The van der Waals surface area contributed by atoms with Crippen molar-refractivity contribution in [2.75, 3.05) is 17.2 Å². The average Bonchev–Trinajstić information content (AvgIpc) is 3.12. The van der Waals surface area contributed by atoms with Crippen LogP contribution in [0.3, 0.4) is 0 Å². The lowest BCUT2D eigenvalue weighted by Gasteiger charge is -2.14. The minimum absolute atomic E-state index is 0.0668. The van der Waals surface area contributed by atoms with Gasteiger partial charge in [0.25, 0.3) is 0 Å². The highest BCUT2D eigenvalue weighted by Crippen LogP contribution is 2.39. The third kappa shape index (κ3) is 5.08. The smallest absolute Gasteiger partial charge is 0.356 e. The number of anilines is 3. The van der Waals surface area contributed by atoms with Crippen molar-refractivity contribution in [1.82, 2.24) is 15.3 Å². The third-order valence-corrected chi connectivity index (χ3v) is 5.22. The number of para-hydroxylation sites is 1. The minimum Gasteiger partial charge on any atom is -0.356 e. The number of hydrogen-bond donors (Lipinski definition) is 4. The standard InChI is InChI=1S/C22H20F3N5OS/c23-22(24,25)12-27-21(32)30-17-11-13(9-10-26-17)19-20(28-14-5-2-1-3-6-14)18-15(29-19)7-4-8-16(18)31/h1-3,5-6,9-11,28-29H,4,7-8,12H2,(H2,26,27,30,32). The lowest BCUT2D eigenvalue weighted by molar-refractivity contribution is -0.121. The van der Waals surface area contributed by atoms with Gasteiger partial charge in [0.1, 0.15) is 12.4 Å². The number of halogens is 3. The third-order valence-electron chi connectivity index (χ3n) is 4.97. The van der Waals surface area contributed by atoms with Crippen LogP contribution in [0, 0.1) is 0 Å². The van der Waals surface area contributed by atoms with Crippen LogP contribution in [0.25, 0.3) is 11.3 Å². The molecule has 10 heteroatoms. The molecule has 0 unspecified atom stereocenters. The Morgan fingerprint density at radius 3 is 2.69 bits per heavy atom. The summed E-state index contributed by atoms with van der Waals surface area (Å²) in [5.41, 5.74) is 4.42. The van der Waals surface area contributed by atoms with Gasteiger partial charge in [0.05, 0.1) is 16.9 Å². The van der Waals surface area contributed by atoms with Gasteiger partial charge in [-0.2, -0.15) is 13.2 Å². The average molecular weight is 459 g/mol. The molecule has 0 spiro atoms. The highest BCUT2D eigenvalue weighted by Gasteiger charge is 2.28. The summed E-state index contributed by atoms with van der Waals surface area (Å²) >= 11 is 4.94. The summed E-state index contributed by atoms with van der Waals surface area (Å²) in [6, 6.07) is 12.9. The molecular formula is C22H20F3N5OS. The lowest BCUT2D eigenvalue weighted by atomic mass is 9.95. The number of alkyl halides is 3. The maximum Gasteiger partial charge on any atom is 0.405 e. The van der Waals surface area contributed by atoms with Gasteiger partial charge in [-0.15, -0.1) is 0 Å². The summed E-state index contributed by atoms with van der Waals surface area (Å²) in [5.74, 6) is 0.351. The number of carbonyl (C=O) groups excluding carboxylic acids is 1. The van der Waals surface area contributed by atoms with E-state index in [1.165, 1.54) is 6.20 Å². The van der Waals surface area contributed by atoms with Gasteiger partial charge in [0, 0.05) is 29.6 Å². The van der Waals surface area contributed by atoms with Crippen molar-refractivity contribution < 1.29 is 18.0 Å². The zero-order chi connectivity index (χ0) is 22.7. The maximum atomic E-state index is 12.7. The second kappa shape index (κ2) is 8.99. The molecule has 2 heterocycles. The molecule has 0 fully saturated rings. The first-order valence-corrected chi connectivity index (χ1v) is 10.4. The molecule has 2 aromatic heterocycles. The van der Waals surface area contributed by atoms with Crippen molar-refractivity contribution in [3.05, 3.63) is 59.9 Å². The van der Waals surface area contributed by atoms with E-state index in [1.54, 1.807) is 12.1 Å². The van der Waals surface area contributed by atoms with E-state index in [0.29, 0.717) is 28.9 Å². The summed E-state index contributed by atoms with van der Waals surface area (Å²) < 4.78 is 37.2. The fourth-order valence-electron chi connectivity index (χ4n) is 3.60. The van der Waals surface area contributed by atoms with E-state index in [1.807, 2.05) is 30.3 Å². The van der Waals surface area contributed by atoms with Gasteiger partial charge in [-0.3, -0.25) is 4.79 Å². The van der Waals surface area contributed by atoms with Gasteiger partial charge in [-0.25, -0.2) is 4.98 Å². The number of hydrogen-bond acceptors (Lipinski definition) is 4. The topological polar surface area (TPSA) is 81.8 Å². The molecule has 4 rings (SSSR count). The molecule has 3 aromatic rings. The first-order chi connectivity index (χ1) is 15.3. The number of ketones is 1. The number of aromatic nitrogens is 2. The second-order valence-electron chi connectivity index (χ2n) is 7.35. The number of thiocarbonyl (C=S) groups is 1. The summed E-state index contributed by atoms with van der Waals surface area (Å²) in [6.45, 7) is -1.24. The number of aryl methyl sites for hydroxylation is 1. The van der Waals surface area contributed by atoms with Gasteiger partial charge in [-0.05, 0) is 49.3 Å². The van der Waals surface area contributed by atoms with Crippen molar-refractivity contribution in [3.63, 3.8) is 0 Å². The Morgan fingerprint density at radius 1 is 1.16 bits per heavy atom. The number of nitrogens with one attached hydrogen (secondary N) is 4. The van der Waals surface area contributed by atoms with Crippen LogP contribution in [0.1, 0.15) is 28.9 Å². The van der Waals surface area contributed by atoms with Crippen molar-refractivity contribution in [1.29, 1.82) is 0 Å². The minimum atomic E-state index is -4.38. The zero-order valence-electron chi connectivity index (χ0n) is 16.8. The molecule has 1 aromatic carbocycles. The number of Topliss-reactive ketones (excluding diaryl/α,β-unsaturated/α-hetero) is 1. The van der Waals surface area contributed by atoms with Gasteiger partial charge >= 0.3 is 6.18 Å². The molecule has 0 bridgehead atoms. The highest BCUT2D eigenvalue weighted by molar-refractivity contribution is 7.80. The van der Waals surface area contributed by atoms with Crippen LogP contribution in [0.15, 0.2) is 48.7 Å². The summed E-state index contributed by atoms with van der Waals surface area (Å²) in [5, 5.41) is 7.95. The van der Waals surface area contributed by atoms with E-state index in [-0.39, 0.29) is 16.7 Å². The Bertz CT molecular complexity index is 1140. The van der Waals surface area contributed by atoms with Gasteiger partial charge in [0.2, 0.25) is 0 Å². The SMILES string of the molecule is O=C1CCCc2[nH]c(-c3ccnc(NC(=S)NCC(F)(F)F)c3)c(Nc3ccccc3)c21. The Hall–Kier alpha value is -3.40. The number of rotatable bonds is 5. The van der Waals surface area contributed by atoms with Crippen molar-refractivity contribution in [2.45, 2.75) is 25.4 Å². The van der Waals surface area contributed by atoms with Crippen LogP contribution in [0.5, 0.6) is 0 Å². The number of pyridine rings is 1. The van der Waals surface area contributed by atoms with Crippen molar-refractivity contribution in [3.8, 4) is 11.3 Å². The van der Waals surface area contributed by atoms with Gasteiger partial charge in [0.15, 0.2) is 10.9 Å². The van der Waals surface area contributed by atoms with E-state index in [4.69, 9.17) is 12.2 Å². The quantitative estimate of drug-likeness (QED) is 0.393. The predicted octanol–water partition coefficient (Wildman–Crippen LogP) is 5.19. The molecule has 0 amide bonds. The number of benzene rings is 1. The highest BCUT2D eigenvalue weighted by atomic mass is 32.1. The van der Waals surface area contributed by atoms with Gasteiger partial charge in [-0.1, -0.05) is 18.2 Å². The molecule has 1 aliphatic carbocycles. The Labute approximate surface area is 187 Å². The molecule has 0 radical (unpaired) electrons. The van der Waals surface area contributed by atoms with Crippen LogP contribution in [0.4, 0.5) is 30.4 Å². The Morgan fingerprint density at radius 2 is 1.94 bits per heavy atom. The summed E-state index contributed by atoms with van der Waals surface area (Å²) in [4.78, 5) is 20.2.